The van der Waals surface area contributed by atoms with Crippen LogP contribution in [0, 0.1) is 0 Å². The second kappa shape index (κ2) is 9.64. The molecule has 1 amide bonds. The number of hydrogen-bond acceptors (Lipinski definition) is 5. The van der Waals surface area contributed by atoms with Crippen molar-refractivity contribution >= 4 is 51.2 Å². The third kappa shape index (κ3) is 4.19. The molecule has 186 valence electrons. The highest BCUT2D eigenvalue weighted by molar-refractivity contribution is 6.52. The van der Waals surface area contributed by atoms with Crippen LogP contribution in [0.3, 0.4) is 0 Å². The van der Waals surface area contributed by atoms with Crippen molar-refractivity contribution < 1.29 is 19.4 Å². The Kier molecular flexibility index (Phi) is 6.36. The van der Waals surface area contributed by atoms with E-state index >= 15 is 0 Å². The average molecular weight is 513 g/mol. The number of amides is 1. The maximum atomic E-state index is 13.5. The van der Waals surface area contributed by atoms with Gasteiger partial charge in [-0.05, 0) is 46.7 Å². The van der Waals surface area contributed by atoms with Crippen molar-refractivity contribution in [2.45, 2.75) is 6.04 Å². The number of ketones is 1. The van der Waals surface area contributed by atoms with E-state index in [-0.39, 0.29) is 11.3 Å². The zero-order valence-electron chi connectivity index (χ0n) is 20.6. The van der Waals surface area contributed by atoms with Crippen molar-refractivity contribution in [1.82, 2.24) is 0 Å². The summed E-state index contributed by atoms with van der Waals surface area (Å²) in [4.78, 5) is 30.4. The number of anilines is 2. The Morgan fingerprint density at radius 1 is 0.946 bits per heavy atom. The van der Waals surface area contributed by atoms with Crippen LogP contribution in [0.15, 0.2) is 90.5 Å². The van der Waals surface area contributed by atoms with Crippen molar-refractivity contribution in [3.05, 3.63) is 107 Å². The first-order chi connectivity index (χ1) is 17.8. The lowest BCUT2D eigenvalue weighted by molar-refractivity contribution is -0.132. The van der Waals surface area contributed by atoms with Crippen molar-refractivity contribution in [3.63, 3.8) is 0 Å². The van der Waals surface area contributed by atoms with Crippen molar-refractivity contribution in [3.8, 4) is 5.75 Å². The van der Waals surface area contributed by atoms with E-state index in [9.17, 15) is 14.7 Å². The molecule has 0 radical (unpaired) electrons. The van der Waals surface area contributed by atoms with Crippen LogP contribution in [-0.4, -0.2) is 38.0 Å². The van der Waals surface area contributed by atoms with Gasteiger partial charge < -0.3 is 14.7 Å². The number of carbonyl (C=O) groups excluding carboxylic acids is 2. The molecule has 4 aromatic carbocycles. The van der Waals surface area contributed by atoms with Gasteiger partial charge >= 0.3 is 0 Å². The number of hydrogen-bond donors (Lipinski definition) is 1. The molecule has 0 spiro atoms. The minimum atomic E-state index is -0.861. The van der Waals surface area contributed by atoms with Gasteiger partial charge in [0.15, 0.2) is 0 Å². The molecule has 7 heteroatoms. The van der Waals surface area contributed by atoms with E-state index in [2.05, 4.69) is 0 Å². The summed E-state index contributed by atoms with van der Waals surface area (Å²) in [6.07, 6.45) is 0. The number of fused-ring (bicyclic) bond motifs is 1. The molecule has 0 aromatic heterocycles. The molecule has 1 atom stereocenters. The van der Waals surface area contributed by atoms with Gasteiger partial charge in [-0.2, -0.15) is 0 Å². The third-order valence-electron chi connectivity index (χ3n) is 6.63. The van der Waals surface area contributed by atoms with E-state index < -0.39 is 17.7 Å². The minimum Gasteiger partial charge on any atom is -0.507 e. The summed E-state index contributed by atoms with van der Waals surface area (Å²) in [5, 5.41) is 13.6. The molecule has 0 saturated carbocycles. The molecule has 1 fully saturated rings. The molecule has 1 aliphatic rings. The number of carbonyl (C=O) groups is 2. The van der Waals surface area contributed by atoms with E-state index in [4.69, 9.17) is 16.3 Å². The Labute approximate surface area is 220 Å². The predicted molar refractivity (Wildman–Crippen MR) is 148 cm³/mol. The zero-order chi connectivity index (χ0) is 26.3. The summed E-state index contributed by atoms with van der Waals surface area (Å²) in [6, 6.07) is 24.7. The molecule has 6 nitrogen and oxygen atoms in total. The summed E-state index contributed by atoms with van der Waals surface area (Å²) in [6.45, 7) is 0. The number of aliphatic hydroxyl groups excluding tert-OH is 1. The molecule has 0 aliphatic carbocycles. The van der Waals surface area contributed by atoms with Crippen LogP contribution in [0.1, 0.15) is 17.2 Å². The molecular formula is C30H25ClN2O4. The Morgan fingerprint density at radius 2 is 1.65 bits per heavy atom. The fourth-order valence-corrected chi connectivity index (χ4v) is 5.00. The Morgan fingerprint density at radius 3 is 2.32 bits per heavy atom. The number of halogens is 1. The van der Waals surface area contributed by atoms with Crippen LogP contribution in [0.25, 0.3) is 16.5 Å². The van der Waals surface area contributed by atoms with Gasteiger partial charge in [-0.3, -0.25) is 14.5 Å². The van der Waals surface area contributed by atoms with Gasteiger partial charge in [-0.15, -0.1) is 0 Å². The van der Waals surface area contributed by atoms with Crippen LogP contribution in [0.4, 0.5) is 11.4 Å². The minimum absolute atomic E-state index is 0.0193. The smallest absolute Gasteiger partial charge is 0.300 e. The Hall–Kier alpha value is -4.29. The fourth-order valence-electron chi connectivity index (χ4n) is 4.75. The number of rotatable bonds is 5. The number of benzene rings is 4. The van der Waals surface area contributed by atoms with Gasteiger partial charge in [0.2, 0.25) is 0 Å². The first kappa shape index (κ1) is 24.4. The van der Waals surface area contributed by atoms with Gasteiger partial charge in [0.25, 0.3) is 11.7 Å². The monoisotopic (exact) mass is 512 g/mol. The molecule has 1 heterocycles. The van der Waals surface area contributed by atoms with E-state index in [1.807, 2.05) is 79.7 Å². The topological polar surface area (TPSA) is 70.1 Å². The molecular weight excluding hydrogens is 488 g/mol. The summed E-state index contributed by atoms with van der Waals surface area (Å²) in [5.41, 5.74) is 2.57. The number of methoxy groups -OCH3 is 1. The average Bonchev–Trinajstić information content (AvgIpc) is 3.18. The Balaban J connectivity index is 1.75. The quantitative estimate of drug-likeness (QED) is 0.196. The lowest BCUT2D eigenvalue weighted by atomic mass is 9.93. The molecule has 37 heavy (non-hydrogen) atoms. The molecule has 1 aliphatic heterocycles. The van der Waals surface area contributed by atoms with Crippen molar-refractivity contribution in [1.29, 1.82) is 0 Å². The summed E-state index contributed by atoms with van der Waals surface area (Å²) in [7, 11) is 5.37. The highest BCUT2D eigenvalue weighted by Crippen LogP contribution is 2.44. The second-order valence-corrected chi connectivity index (χ2v) is 9.41. The van der Waals surface area contributed by atoms with Gasteiger partial charge in [0.1, 0.15) is 11.5 Å². The highest BCUT2D eigenvalue weighted by atomic mass is 35.5. The molecule has 5 rings (SSSR count). The number of aliphatic hydroxyl groups is 1. The van der Waals surface area contributed by atoms with Crippen LogP contribution >= 0.6 is 11.6 Å². The normalized spacial score (nSPS) is 16.9. The van der Waals surface area contributed by atoms with Crippen LogP contribution in [0.2, 0.25) is 5.02 Å². The second-order valence-electron chi connectivity index (χ2n) is 9.00. The predicted octanol–water partition coefficient (Wildman–Crippen LogP) is 6.19. The van der Waals surface area contributed by atoms with Gasteiger partial charge in [-0.25, -0.2) is 0 Å². The summed E-state index contributed by atoms with van der Waals surface area (Å²) in [5.74, 6) is -1.28. The van der Waals surface area contributed by atoms with Crippen molar-refractivity contribution in [2.24, 2.45) is 0 Å². The number of Topliss-reactive ketones (excluding diaryl/α,β-unsaturated/α-hetero) is 1. The van der Waals surface area contributed by atoms with E-state index in [1.165, 1.54) is 12.0 Å². The van der Waals surface area contributed by atoms with Gasteiger partial charge in [0, 0.05) is 31.0 Å². The Bertz CT molecular complexity index is 1550. The van der Waals surface area contributed by atoms with E-state index in [0.717, 1.165) is 16.5 Å². The lowest BCUT2D eigenvalue weighted by Crippen LogP contribution is -2.29. The highest BCUT2D eigenvalue weighted by Gasteiger charge is 2.47. The standard InChI is InChI=1S/C30H25ClN2O4/c1-32(2)20-13-11-19(12-14-20)27-26(28(34)23-10-6-8-18-7-4-5-9-22(18)23)29(35)30(36)33(27)21-15-16-25(37-3)24(31)17-21/h4-17,27,34H,1-3H3/b28-26-. The maximum Gasteiger partial charge on any atom is 0.300 e. The van der Waals surface area contributed by atoms with Crippen LogP contribution in [0.5, 0.6) is 5.75 Å². The number of nitrogens with zero attached hydrogens (tertiary/aromatic N) is 2. The maximum absolute atomic E-state index is 13.5. The molecule has 4 aromatic rings. The van der Waals surface area contributed by atoms with E-state index in [1.54, 1.807) is 24.3 Å². The lowest BCUT2D eigenvalue weighted by Gasteiger charge is -2.26. The molecule has 1 unspecified atom stereocenters. The van der Waals surface area contributed by atoms with Crippen LogP contribution < -0.4 is 14.5 Å². The fraction of sp³-hybridized carbons (Fsp3) is 0.133. The van der Waals surface area contributed by atoms with Crippen molar-refractivity contribution in [2.75, 3.05) is 31.0 Å². The SMILES string of the molecule is COc1ccc(N2C(=O)C(=O)/C(=C(\O)c3cccc4ccccc34)C2c2ccc(N(C)C)cc2)cc1Cl. The first-order valence-corrected chi connectivity index (χ1v) is 12.1. The molecule has 1 saturated heterocycles. The first-order valence-electron chi connectivity index (χ1n) is 11.7. The zero-order valence-corrected chi connectivity index (χ0v) is 21.4. The number of ether oxygens (including phenoxy) is 1. The largest absolute Gasteiger partial charge is 0.507 e. The molecule has 1 N–H and O–H groups in total. The molecule has 0 bridgehead atoms. The van der Waals surface area contributed by atoms with Gasteiger partial charge in [-0.1, -0.05) is 66.2 Å². The van der Waals surface area contributed by atoms with Gasteiger partial charge in [0.05, 0.1) is 23.7 Å². The third-order valence-corrected chi connectivity index (χ3v) is 6.92. The summed E-state index contributed by atoms with van der Waals surface area (Å²) >= 11 is 6.39. The van der Waals surface area contributed by atoms with Crippen LogP contribution in [-0.2, 0) is 9.59 Å². The van der Waals surface area contributed by atoms with E-state index in [0.29, 0.717) is 27.6 Å². The summed E-state index contributed by atoms with van der Waals surface area (Å²) < 4.78 is 5.26.